The number of aryl methyl sites for hydroxylation is 1. The van der Waals surface area contributed by atoms with Crippen LogP contribution in [-0.2, 0) is 0 Å². The number of hydrogen-bond acceptors (Lipinski definition) is 5. The molecule has 0 radical (unpaired) electrons. The second-order valence-corrected chi connectivity index (χ2v) is 5.96. The average molecular weight is 359 g/mol. The SMILES string of the molecule is Cc1nccn1-c1ncc(NC(=O)c2cnn(-c3ccccc3)c2C)cn1. The van der Waals surface area contributed by atoms with Crippen molar-refractivity contribution in [3.63, 3.8) is 0 Å². The number of carbonyl (C=O) groups excluding carboxylic acids is 1. The van der Waals surface area contributed by atoms with E-state index in [9.17, 15) is 4.79 Å². The van der Waals surface area contributed by atoms with Gasteiger partial charge < -0.3 is 5.32 Å². The highest BCUT2D eigenvalue weighted by atomic mass is 16.1. The van der Waals surface area contributed by atoms with Gasteiger partial charge in [0.2, 0.25) is 5.95 Å². The second kappa shape index (κ2) is 6.83. The number of benzene rings is 1. The number of anilines is 1. The van der Waals surface area contributed by atoms with Crippen LogP contribution in [0.4, 0.5) is 5.69 Å². The third kappa shape index (κ3) is 3.20. The summed E-state index contributed by atoms with van der Waals surface area (Å²) in [5.41, 5.74) is 2.66. The summed E-state index contributed by atoms with van der Waals surface area (Å²) >= 11 is 0. The predicted molar refractivity (Wildman–Crippen MR) is 100 cm³/mol. The summed E-state index contributed by atoms with van der Waals surface area (Å²) in [5.74, 6) is 1.02. The molecule has 8 heteroatoms. The van der Waals surface area contributed by atoms with E-state index in [-0.39, 0.29) is 5.91 Å². The number of imidazole rings is 1. The third-order valence-electron chi connectivity index (χ3n) is 4.19. The molecule has 1 amide bonds. The van der Waals surface area contributed by atoms with Gasteiger partial charge in [-0.1, -0.05) is 18.2 Å². The Bertz CT molecular complexity index is 1080. The lowest BCUT2D eigenvalue weighted by molar-refractivity contribution is 0.102. The van der Waals surface area contributed by atoms with Crippen molar-refractivity contribution >= 4 is 11.6 Å². The summed E-state index contributed by atoms with van der Waals surface area (Å²) in [5, 5.41) is 7.13. The average Bonchev–Trinajstić information content (AvgIpc) is 3.29. The molecule has 1 aromatic carbocycles. The highest BCUT2D eigenvalue weighted by Gasteiger charge is 2.15. The van der Waals surface area contributed by atoms with Crippen LogP contribution >= 0.6 is 0 Å². The molecule has 8 nitrogen and oxygen atoms in total. The minimum absolute atomic E-state index is 0.259. The molecule has 0 fully saturated rings. The van der Waals surface area contributed by atoms with Crippen LogP contribution < -0.4 is 5.32 Å². The lowest BCUT2D eigenvalue weighted by Crippen LogP contribution is -2.14. The van der Waals surface area contributed by atoms with Gasteiger partial charge in [0, 0.05) is 12.4 Å². The molecule has 1 N–H and O–H groups in total. The minimum atomic E-state index is -0.259. The second-order valence-electron chi connectivity index (χ2n) is 5.96. The summed E-state index contributed by atoms with van der Waals surface area (Å²) in [6.45, 7) is 3.72. The van der Waals surface area contributed by atoms with Gasteiger partial charge in [-0.25, -0.2) is 19.6 Å². The molecule has 0 aliphatic heterocycles. The number of hydrogen-bond donors (Lipinski definition) is 1. The Morgan fingerprint density at radius 3 is 2.41 bits per heavy atom. The largest absolute Gasteiger partial charge is 0.319 e. The van der Waals surface area contributed by atoms with Crippen LogP contribution in [0.15, 0.2) is 61.3 Å². The van der Waals surface area contributed by atoms with E-state index < -0.39 is 0 Å². The topological polar surface area (TPSA) is 90.5 Å². The van der Waals surface area contributed by atoms with Crippen molar-refractivity contribution < 1.29 is 4.79 Å². The van der Waals surface area contributed by atoms with Crippen LogP contribution in [0.2, 0.25) is 0 Å². The Morgan fingerprint density at radius 2 is 1.74 bits per heavy atom. The fourth-order valence-electron chi connectivity index (χ4n) is 2.76. The molecule has 0 atom stereocenters. The standard InChI is InChI=1S/C19H17N7O/c1-13-17(12-23-26(13)16-6-4-3-5-7-16)18(27)24-15-10-21-19(22-11-15)25-9-8-20-14(25)2/h3-12H,1-2H3,(H,24,27). The monoisotopic (exact) mass is 359 g/mol. The van der Waals surface area contributed by atoms with Crippen molar-refractivity contribution in [3.05, 3.63) is 78.4 Å². The summed E-state index contributed by atoms with van der Waals surface area (Å²) in [7, 11) is 0. The minimum Gasteiger partial charge on any atom is -0.319 e. The zero-order chi connectivity index (χ0) is 18.8. The van der Waals surface area contributed by atoms with Crippen molar-refractivity contribution in [1.82, 2.24) is 29.3 Å². The van der Waals surface area contributed by atoms with Crippen LogP contribution in [0.1, 0.15) is 21.9 Å². The highest BCUT2D eigenvalue weighted by molar-refractivity contribution is 6.04. The highest BCUT2D eigenvalue weighted by Crippen LogP contribution is 2.16. The van der Waals surface area contributed by atoms with Crippen molar-refractivity contribution in [2.24, 2.45) is 0 Å². The van der Waals surface area contributed by atoms with Gasteiger partial charge in [0.15, 0.2) is 0 Å². The zero-order valence-electron chi connectivity index (χ0n) is 14.9. The molecule has 0 aliphatic rings. The van der Waals surface area contributed by atoms with Gasteiger partial charge in [-0.2, -0.15) is 5.10 Å². The van der Waals surface area contributed by atoms with E-state index in [1.807, 2.05) is 44.2 Å². The predicted octanol–water partition coefficient (Wildman–Crippen LogP) is 2.72. The molecule has 0 bridgehead atoms. The van der Waals surface area contributed by atoms with E-state index in [1.54, 1.807) is 40.2 Å². The third-order valence-corrected chi connectivity index (χ3v) is 4.19. The van der Waals surface area contributed by atoms with Gasteiger partial charge in [0.05, 0.1) is 41.2 Å². The number of nitrogens with one attached hydrogen (secondary N) is 1. The number of nitrogens with zero attached hydrogens (tertiary/aromatic N) is 6. The van der Waals surface area contributed by atoms with E-state index in [0.717, 1.165) is 17.2 Å². The summed E-state index contributed by atoms with van der Waals surface area (Å²) in [6, 6.07) is 9.66. The molecule has 0 saturated carbocycles. The molecule has 134 valence electrons. The van der Waals surface area contributed by atoms with Crippen LogP contribution in [0.5, 0.6) is 0 Å². The maximum atomic E-state index is 12.6. The van der Waals surface area contributed by atoms with Crippen molar-refractivity contribution in [1.29, 1.82) is 0 Å². The maximum Gasteiger partial charge on any atom is 0.259 e. The lowest BCUT2D eigenvalue weighted by Gasteiger charge is -2.07. The fraction of sp³-hybridized carbons (Fsp3) is 0.105. The van der Waals surface area contributed by atoms with Crippen LogP contribution in [0, 0.1) is 13.8 Å². The Hall–Kier alpha value is -3.81. The molecule has 3 heterocycles. The van der Waals surface area contributed by atoms with Gasteiger partial charge in [0.1, 0.15) is 5.82 Å². The maximum absolute atomic E-state index is 12.6. The Morgan fingerprint density at radius 1 is 1.00 bits per heavy atom. The molecule has 4 aromatic rings. The van der Waals surface area contributed by atoms with E-state index in [1.165, 1.54) is 0 Å². The normalized spacial score (nSPS) is 10.7. The number of carbonyl (C=O) groups is 1. The summed E-state index contributed by atoms with van der Waals surface area (Å²) in [6.07, 6.45) is 8.15. The van der Waals surface area contributed by atoms with Crippen LogP contribution in [0.3, 0.4) is 0 Å². The van der Waals surface area contributed by atoms with Gasteiger partial charge in [-0.3, -0.25) is 9.36 Å². The molecule has 4 rings (SSSR count). The first-order chi connectivity index (χ1) is 13.1. The smallest absolute Gasteiger partial charge is 0.259 e. The molecule has 0 saturated heterocycles. The molecule has 0 aliphatic carbocycles. The fourth-order valence-corrected chi connectivity index (χ4v) is 2.76. The summed E-state index contributed by atoms with van der Waals surface area (Å²) in [4.78, 5) is 25.3. The summed E-state index contributed by atoms with van der Waals surface area (Å²) < 4.78 is 3.50. The van der Waals surface area contributed by atoms with E-state index >= 15 is 0 Å². The quantitative estimate of drug-likeness (QED) is 0.605. The lowest BCUT2D eigenvalue weighted by atomic mass is 10.2. The van der Waals surface area contributed by atoms with Crippen LogP contribution in [0.25, 0.3) is 11.6 Å². The van der Waals surface area contributed by atoms with Crippen molar-refractivity contribution in [2.75, 3.05) is 5.32 Å². The Balaban J connectivity index is 1.53. The molecule has 0 unspecified atom stereocenters. The Kier molecular flexibility index (Phi) is 4.21. The zero-order valence-corrected chi connectivity index (χ0v) is 14.9. The first-order valence-corrected chi connectivity index (χ1v) is 8.37. The van der Waals surface area contributed by atoms with Gasteiger partial charge >= 0.3 is 0 Å². The van der Waals surface area contributed by atoms with Crippen LogP contribution in [-0.4, -0.2) is 35.2 Å². The molecule has 3 aromatic heterocycles. The first-order valence-electron chi connectivity index (χ1n) is 8.37. The van der Waals surface area contributed by atoms with Crippen molar-refractivity contribution in [2.45, 2.75) is 13.8 Å². The van der Waals surface area contributed by atoms with E-state index in [2.05, 4.69) is 25.4 Å². The molecular formula is C19H17N7O. The van der Waals surface area contributed by atoms with E-state index in [0.29, 0.717) is 17.2 Å². The molecule has 27 heavy (non-hydrogen) atoms. The van der Waals surface area contributed by atoms with Crippen molar-refractivity contribution in [3.8, 4) is 11.6 Å². The number of amides is 1. The molecular weight excluding hydrogens is 342 g/mol. The van der Waals surface area contributed by atoms with E-state index in [4.69, 9.17) is 0 Å². The van der Waals surface area contributed by atoms with Gasteiger partial charge in [-0.05, 0) is 26.0 Å². The van der Waals surface area contributed by atoms with Gasteiger partial charge in [-0.15, -0.1) is 0 Å². The first kappa shape index (κ1) is 16.6. The Labute approximate surface area is 155 Å². The number of para-hydroxylation sites is 1. The number of aromatic nitrogens is 6. The number of rotatable bonds is 4. The van der Waals surface area contributed by atoms with Gasteiger partial charge in [0.25, 0.3) is 5.91 Å². The molecule has 0 spiro atoms.